The SMILES string of the molecule is O=Cc1cncc(C=O)c1C=O. The van der Waals surface area contributed by atoms with Crippen LogP contribution in [0.5, 0.6) is 0 Å². The van der Waals surface area contributed by atoms with Crippen LogP contribution in [0.25, 0.3) is 0 Å². The summed E-state index contributed by atoms with van der Waals surface area (Å²) < 4.78 is 0. The van der Waals surface area contributed by atoms with Gasteiger partial charge in [0, 0.05) is 29.1 Å². The lowest BCUT2D eigenvalue weighted by Crippen LogP contribution is -1.98. The summed E-state index contributed by atoms with van der Waals surface area (Å²) in [4.78, 5) is 34.7. The van der Waals surface area contributed by atoms with Gasteiger partial charge in [0.05, 0.1) is 0 Å². The number of carbonyl (C=O) groups excluding carboxylic acids is 3. The number of aldehydes is 3. The van der Waals surface area contributed by atoms with Crippen LogP contribution in [0.4, 0.5) is 0 Å². The van der Waals surface area contributed by atoms with Gasteiger partial charge in [0.1, 0.15) is 0 Å². The van der Waals surface area contributed by atoms with Gasteiger partial charge < -0.3 is 0 Å². The molecule has 1 aromatic heterocycles. The van der Waals surface area contributed by atoms with Crippen molar-refractivity contribution in [2.24, 2.45) is 0 Å². The van der Waals surface area contributed by atoms with Gasteiger partial charge in [0.15, 0.2) is 18.9 Å². The van der Waals surface area contributed by atoms with E-state index < -0.39 is 0 Å². The van der Waals surface area contributed by atoms with E-state index in [1.165, 1.54) is 12.4 Å². The van der Waals surface area contributed by atoms with Crippen LogP contribution in [-0.4, -0.2) is 23.8 Å². The molecule has 1 heterocycles. The largest absolute Gasteiger partial charge is 0.298 e. The molecular formula is C8H5NO3. The smallest absolute Gasteiger partial charge is 0.152 e. The topological polar surface area (TPSA) is 64.1 Å². The second kappa shape index (κ2) is 3.52. The zero-order valence-electron chi connectivity index (χ0n) is 6.06. The van der Waals surface area contributed by atoms with Gasteiger partial charge >= 0.3 is 0 Å². The normalized spacial score (nSPS) is 9.00. The van der Waals surface area contributed by atoms with E-state index in [-0.39, 0.29) is 16.7 Å². The first-order valence-electron chi connectivity index (χ1n) is 3.17. The average molecular weight is 163 g/mol. The number of hydrogen-bond donors (Lipinski definition) is 0. The maximum atomic E-state index is 10.4. The first-order valence-corrected chi connectivity index (χ1v) is 3.17. The molecule has 4 heteroatoms. The molecule has 0 aromatic carbocycles. The van der Waals surface area contributed by atoms with E-state index in [4.69, 9.17) is 0 Å². The van der Waals surface area contributed by atoms with Crippen molar-refractivity contribution in [3.8, 4) is 0 Å². The van der Waals surface area contributed by atoms with Gasteiger partial charge in [-0.15, -0.1) is 0 Å². The van der Waals surface area contributed by atoms with Crippen LogP contribution in [-0.2, 0) is 0 Å². The Bertz CT molecular complexity index is 307. The predicted octanol–water partition coefficient (Wildman–Crippen LogP) is 0.519. The summed E-state index contributed by atoms with van der Waals surface area (Å²) in [6.45, 7) is 0. The van der Waals surface area contributed by atoms with E-state index in [1.807, 2.05) is 0 Å². The van der Waals surface area contributed by atoms with Gasteiger partial charge in [-0.05, 0) is 0 Å². The Hall–Kier alpha value is -1.84. The molecule has 0 saturated heterocycles. The lowest BCUT2D eigenvalue weighted by molar-refractivity contribution is 0.108. The van der Waals surface area contributed by atoms with E-state index in [0.717, 1.165) is 0 Å². The highest BCUT2D eigenvalue weighted by Gasteiger charge is 2.05. The summed E-state index contributed by atoms with van der Waals surface area (Å²) in [7, 11) is 0. The molecule has 0 atom stereocenters. The third kappa shape index (κ3) is 1.27. The summed E-state index contributed by atoms with van der Waals surface area (Å²) in [5, 5.41) is 0. The zero-order chi connectivity index (χ0) is 8.97. The molecule has 0 bridgehead atoms. The van der Waals surface area contributed by atoms with Gasteiger partial charge in [-0.1, -0.05) is 0 Å². The van der Waals surface area contributed by atoms with Crippen molar-refractivity contribution in [1.29, 1.82) is 0 Å². The molecule has 4 nitrogen and oxygen atoms in total. The Morgan fingerprint density at radius 3 is 1.75 bits per heavy atom. The van der Waals surface area contributed by atoms with E-state index in [0.29, 0.717) is 18.9 Å². The fourth-order valence-corrected chi connectivity index (χ4v) is 0.828. The molecule has 0 aliphatic carbocycles. The standard InChI is InChI=1S/C8H5NO3/c10-3-6-1-9-2-7(4-11)8(6)5-12/h1-5H. The lowest BCUT2D eigenvalue weighted by atomic mass is 10.1. The highest BCUT2D eigenvalue weighted by atomic mass is 16.1. The highest BCUT2D eigenvalue weighted by Crippen LogP contribution is 2.06. The minimum Gasteiger partial charge on any atom is -0.298 e. The second-order valence-electron chi connectivity index (χ2n) is 2.09. The fraction of sp³-hybridized carbons (Fsp3) is 0. The van der Waals surface area contributed by atoms with Crippen molar-refractivity contribution in [3.05, 3.63) is 29.1 Å². The van der Waals surface area contributed by atoms with Gasteiger partial charge in [0.25, 0.3) is 0 Å². The van der Waals surface area contributed by atoms with Gasteiger partial charge in [0.2, 0.25) is 0 Å². The van der Waals surface area contributed by atoms with Crippen molar-refractivity contribution < 1.29 is 14.4 Å². The molecule has 0 aliphatic rings. The Morgan fingerprint density at radius 1 is 0.917 bits per heavy atom. The highest BCUT2D eigenvalue weighted by molar-refractivity contribution is 5.97. The van der Waals surface area contributed by atoms with Gasteiger partial charge in [-0.2, -0.15) is 0 Å². The predicted molar refractivity (Wildman–Crippen MR) is 40.4 cm³/mol. The molecule has 0 aliphatic heterocycles. The van der Waals surface area contributed by atoms with E-state index in [9.17, 15) is 14.4 Å². The fourth-order valence-electron chi connectivity index (χ4n) is 0.828. The number of nitrogens with zero attached hydrogens (tertiary/aromatic N) is 1. The maximum Gasteiger partial charge on any atom is 0.152 e. The monoisotopic (exact) mass is 163 g/mol. The van der Waals surface area contributed by atoms with Crippen LogP contribution in [0.15, 0.2) is 12.4 Å². The first-order chi connectivity index (χ1) is 5.83. The van der Waals surface area contributed by atoms with Crippen LogP contribution in [0.1, 0.15) is 31.1 Å². The molecule has 1 rings (SSSR count). The lowest BCUT2D eigenvalue weighted by Gasteiger charge is -1.97. The van der Waals surface area contributed by atoms with Crippen molar-refractivity contribution in [1.82, 2.24) is 4.98 Å². The molecule has 60 valence electrons. The second-order valence-corrected chi connectivity index (χ2v) is 2.09. The van der Waals surface area contributed by atoms with Crippen LogP contribution in [0.2, 0.25) is 0 Å². The van der Waals surface area contributed by atoms with E-state index in [1.54, 1.807) is 0 Å². The third-order valence-electron chi connectivity index (χ3n) is 1.42. The molecule has 0 unspecified atom stereocenters. The molecule has 1 aromatic rings. The Kier molecular flexibility index (Phi) is 2.42. The van der Waals surface area contributed by atoms with Crippen LogP contribution in [0, 0.1) is 0 Å². The van der Waals surface area contributed by atoms with Gasteiger partial charge in [-0.25, -0.2) is 0 Å². The van der Waals surface area contributed by atoms with Gasteiger partial charge in [-0.3, -0.25) is 19.4 Å². The molecule has 0 N–H and O–H groups in total. The molecule has 0 saturated carbocycles. The summed E-state index contributed by atoms with van der Waals surface area (Å²) in [5.74, 6) is 0. The molecule has 0 fully saturated rings. The Labute approximate surface area is 68.2 Å². The van der Waals surface area contributed by atoms with Crippen LogP contribution >= 0.6 is 0 Å². The van der Waals surface area contributed by atoms with E-state index >= 15 is 0 Å². The first kappa shape index (κ1) is 8.26. The number of aromatic nitrogens is 1. The zero-order valence-corrected chi connectivity index (χ0v) is 6.06. The molecule has 0 spiro atoms. The quantitative estimate of drug-likeness (QED) is 0.609. The van der Waals surface area contributed by atoms with Crippen LogP contribution < -0.4 is 0 Å². The maximum absolute atomic E-state index is 10.4. The number of pyridine rings is 1. The minimum atomic E-state index is 0.0926. The van der Waals surface area contributed by atoms with E-state index in [2.05, 4.69) is 4.98 Å². The summed E-state index contributed by atoms with van der Waals surface area (Å²) in [5.41, 5.74) is 0.360. The van der Waals surface area contributed by atoms with Crippen molar-refractivity contribution in [2.75, 3.05) is 0 Å². The molecular weight excluding hydrogens is 158 g/mol. The molecule has 0 amide bonds. The Morgan fingerprint density at radius 2 is 1.42 bits per heavy atom. The minimum absolute atomic E-state index is 0.0926. The molecule has 0 radical (unpaired) electrons. The molecule has 12 heavy (non-hydrogen) atoms. The third-order valence-corrected chi connectivity index (χ3v) is 1.42. The van der Waals surface area contributed by atoms with Crippen molar-refractivity contribution in [2.45, 2.75) is 0 Å². The summed E-state index contributed by atoms with van der Waals surface area (Å²) >= 11 is 0. The van der Waals surface area contributed by atoms with Crippen LogP contribution in [0.3, 0.4) is 0 Å². The summed E-state index contributed by atoms with van der Waals surface area (Å²) in [6.07, 6.45) is 3.93. The number of hydrogen-bond acceptors (Lipinski definition) is 4. The van der Waals surface area contributed by atoms with Crippen molar-refractivity contribution >= 4 is 18.9 Å². The number of carbonyl (C=O) groups is 3. The average Bonchev–Trinajstić information content (AvgIpc) is 2.16. The Balaban J connectivity index is 3.40. The van der Waals surface area contributed by atoms with Crippen molar-refractivity contribution in [3.63, 3.8) is 0 Å². The number of rotatable bonds is 3. The summed E-state index contributed by atoms with van der Waals surface area (Å²) in [6, 6.07) is 0.